The van der Waals surface area contributed by atoms with Crippen molar-refractivity contribution < 1.29 is 17.9 Å². The van der Waals surface area contributed by atoms with E-state index in [2.05, 4.69) is 4.98 Å². The van der Waals surface area contributed by atoms with Gasteiger partial charge in [-0.1, -0.05) is 23.2 Å². The fraction of sp³-hybridized carbons (Fsp3) is 0.312. The number of sulfone groups is 1. The zero-order chi connectivity index (χ0) is 17.2. The van der Waals surface area contributed by atoms with Crippen LogP contribution in [0.2, 0.25) is 10.0 Å². The number of nitrogens with zero attached hydrogens (tertiary/aromatic N) is 1. The number of rotatable bonds is 4. The summed E-state index contributed by atoms with van der Waals surface area (Å²) >= 11 is 12.0. The molecule has 0 bridgehead atoms. The second kappa shape index (κ2) is 7.17. The minimum absolute atomic E-state index is 0.00680. The third-order valence-electron chi connectivity index (χ3n) is 3.54. The second-order valence-electron chi connectivity index (χ2n) is 5.34. The molecule has 2 aromatic rings. The van der Waals surface area contributed by atoms with Crippen molar-refractivity contribution in [1.29, 1.82) is 0 Å². The van der Waals surface area contributed by atoms with Gasteiger partial charge in [0.05, 0.1) is 29.0 Å². The van der Waals surface area contributed by atoms with Gasteiger partial charge in [-0.3, -0.25) is 0 Å². The Morgan fingerprint density at radius 3 is 2.67 bits per heavy atom. The van der Waals surface area contributed by atoms with Crippen molar-refractivity contribution in [3.8, 4) is 11.5 Å². The molecule has 5 nitrogen and oxygen atoms in total. The minimum atomic E-state index is -3.50. The van der Waals surface area contributed by atoms with Crippen LogP contribution in [0.3, 0.4) is 0 Å². The summed E-state index contributed by atoms with van der Waals surface area (Å²) in [6.07, 6.45) is 2.39. The van der Waals surface area contributed by atoms with Crippen molar-refractivity contribution >= 4 is 33.0 Å². The molecule has 1 aromatic carbocycles. The van der Waals surface area contributed by atoms with Crippen LogP contribution in [0.1, 0.15) is 12.0 Å². The molecule has 0 saturated heterocycles. The third-order valence-corrected chi connectivity index (χ3v) is 5.67. The van der Waals surface area contributed by atoms with E-state index < -0.39 is 9.84 Å². The lowest BCUT2D eigenvalue weighted by Crippen LogP contribution is -2.11. The first kappa shape index (κ1) is 17.3. The Balaban J connectivity index is 1.78. The van der Waals surface area contributed by atoms with Crippen LogP contribution in [-0.2, 0) is 16.3 Å². The third kappa shape index (κ3) is 3.94. The lowest BCUT2D eigenvalue weighted by molar-refractivity contribution is 0.297. The fourth-order valence-corrected chi connectivity index (χ4v) is 3.93. The highest BCUT2D eigenvalue weighted by Gasteiger charge is 2.19. The minimum Gasteiger partial charge on any atom is -0.489 e. The molecule has 1 aromatic heterocycles. The quantitative estimate of drug-likeness (QED) is 0.801. The molecule has 1 aliphatic heterocycles. The molecule has 1 aliphatic rings. The molecule has 0 unspecified atom stereocenters. The number of benzene rings is 1. The number of hydrogen-bond acceptors (Lipinski definition) is 5. The lowest BCUT2D eigenvalue weighted by Gasteiger charge is -2.11. The average molecular weight is 388 g/mol. The Hall–Kier alpha value is -1.50. The van der Waals surface area contributed by atoms with E-state index in [0.29, 0.717) is 41.2 Å². The first-order chi connectivity index (χ1) is 11.5. The van der Waals surface area contributed by atoms with E-state index in [1.54, 1.807) is 12.1 Å². The Labute approximate surface area is 150 Å². The van der Waals surface area contributed by atoms with E-state index in [1.165, 1.54) is 18.3 Å². The van der Waals surface area contributed by atoms with Gasteiger partial charge in [-0.15, -0.1) is 0 Å². The Morgan fingerprint density at radius 1 is 1.12 bits per heavy atom. The van der Waals surface area contributed by atoms with Gasteiger partial charge in [0.25, 0.3) is 0 Å². The maximum absolute atomic E-state index is 12.4. The molecular weight excluding hydrogens is 373 g/mol. The van der Waals surface area contributed by atoms with Gasteiger partial charge in [-0.25, -0.2) is 13.4 Å². The van der Waals surface area contributed by atoms with Gasteiger partial charge in [-0.2, -0.15) is 0 Å². The number of hydrogen-bond donors (Lipinski definition) is 0. The topological polar surface area (TPSA) is 65.5 Å². The molecule has 3 rings (SSSR count). The normalized spacial score (nSPS) is 14.2. The summed E-state index contributed by atoms with van der Waals surface area (Å²) in [6, 6.07) is 6.39. The van der Waals surface area contributed by atoms with Gasteiger partial charge in [0.1, 0.15) is 0 Å². The number of halogens is 2. The summed E-state index contributed by atoms with van der Waals surface area (Å²) in [7, 11) is -3.50. The predicted molar refractivity (Wildman–Crippen MR) is 92.1 cm³/mol. The molecule has 24 heavy (non-hydrogen) atoms. The van der Waals surface area contributed by atoms with Crippen LogP contribution in [0.15, 0.2) is 35.5 Å². The molecule has 0 fully saturated rings. The monoisotopic (exact) mass is 387 g/mol. The fourth-order valence-electron chi connectivity index (χ4n) is 2.33. The molecule has 0 spiro atoms. The highest BCUT2D eigenvalue weighted by atomic mass is 35.5. The summed E-state index contributed by atoms with van der Waals surface area (Å²) < 4.78 is 35.9. The molecule has 0 saturated carbocycles. The summed E-state index contributed by atoms with van der Waals surface area (Å²) in [5, 5.41) is 0.822. The summed E-state index contributed by atoms with van der Waals surface area (Å²) in [5.41, 5.74) is 0.766. The molecule has 2 heterocycles. The van der Waals surface area contributed by atoms with Gasteiger partial charge in [0.15, 0.2) is 26.4 Å². The largest absolute Gasteiger partial charge is 0.489 e. The highest BCUT2D eigenvalue weighted by Crippen LogP contribution is 2.38. The molecule has 0 aliphatic carbocycles. The number of aryl methyl sites for hydroxylation is 1. The summed E-state index contributed by atoms with van der Waals surface area (Å²) in [5.74, 6) is 0.981. The van der Waals surface area contributed by atoms with E-state index in [4.69, 9.17) is 32.7 Å². The summed E-state index contributed by atoms with van der Waals surface area (Å²) in [6.45, 7) is 1.09. The summed E-state index contributed by atoms with van der Waals surface area (Å²) in [4.78, 5) is 3.87. The van der Waals surface area contributed by atoms with Crippen LogP contribution in [-0.4, -0.2) is 32.4 Å². The van der Waals surface area contributed by atoms with Gasteiger partial charge in [-0.05, 0) is 36.2 Å². The van der Waals surface area contributed by atoms with Crippen LogP contribution < -0.4 is 9.47 Å². The second-order valence-corrected chi connectivity index (χ2v) is 8.24. The molecular formula is C16H15Cl2NO4S. The van der Waals surface area contributed by atoms with Crippen molar-refractivity contribution in [3.63, 3.8) is 0 Å². The first-order valence-electron chi connectivity index (χ1n) is 7.38. The molecule has 0 atom stereocenters. The number of fused-ring (bicyclic) bond motifs is 1. The molecule has 0 amide bonds. The predicted octanol–water partition coefficient (Wildman–Crippen LogP) is 3.57. The van der Waals surface area contributed by atoms with Gasteiger partial charge in [0.2, 0.25) is 0 Å². The smallest absolute Gasteiger partial charge is 0.195 e. The maximum Gasteiger partial charge on any atom is 0.195 e. The highest BCUT2D eigenvalue weighted by molar-refractivity contribution is 7.91. The average Bonchev–Trinajstić information content (AvgIpc) is 2.79. The number of pyridine rings is 1. The molecule has 0 N–H and O–H groups in total. The Morgan fingerprint density at radius 2 is 1.92 bits per heavy atom. The van der Waals surface area contributed by atoms with Crippen molar-refractivity contribution in [2.45, 2.75) is 17.9 Å². The van der Waals surface area contributed by atoms with Crippen molar-refractivity contribution in [2.75, 3.05) is 19.0 Å². The zero-order valence-electron chi connectivity index (χ0n) is 12.7. The van der Waals surface area contributed by atoms with Gasteiger partial charge >= 0.3 is 0 Å². The number of ether oxygens (including phenoxy) is 2. The molecule has 128 valence electrons. The first-order valence-corrected chi connectivity index (χ1v) is 9.79. The van der Waals surface area contributed by atoms with E-state index >= 15 is 0 Å². The van der Waals surface area contributed by atoms with Crippen molar-refractivity contribution in [3.05, 3.63) is 46.1 Å². The van der Waals surface area contributed by atoms with E-state index in [-0.39, 0.29) is 10.8 Å². The molecule has 8 heteroatoms. The van der Waals surface area contributed by atoms with Crippen LogP contribution in [0, 0.1) is 0 Å². The zero-order valence-corrected chi connectivity index (χ0v) is 15.0. The van der Waals surface area contributed by atoms with Crippen LogP contribution in [0.5, 0.6) is 11.5 Å². The standard InChI is InChI=1S/C16H15Cl2NO4S/c17-12-2-3-15(19-10-12)24(20,21)7-4-11-8-13(18)16-14(9-11)22-5-1-6-23-16/h2-3,8-10H,1,4-7H2. The Bertz CT molecular complexity index is 838. The molecule has 0 radical (unpaired) electrons. The van der Waals surface area contributed by atoms with E-state index in [9.17, 15) is 8.42 Å². The number of aromatic nitrogens is 1. The van der Waals surface area contributed by atoms with Gasteiger partial charge < -0.3 is 9.47 Å². The SMILES string of the molecule is O=S(=O)(CCc1cc(Cl)c2c(c1)OCCCO2)c1ccc(Cl)cn1. The van der Waals surface area contributed by atoms with Crippen molar-refractivity contribution in [2.24, 2.45) is 0 Å². The van der Waals surface area contributed by atoms with Crippen LogP contribution in [0.25, 0.3) is 0 Å². The van der Waals surface area contributed by atoms with Crippen LogP contribution in [0.4, 0.5) is 0 Å². The lowest BCUT2D eigenvalue weighted by atomic mass is 10.1. The van der Waals surface area contributed by atoms with Crippen LogP contribution >= 0.6 is 23.2 Å². The Kier molecular flexibility index (Phi) is 5.18. The van der Waals surface area contributed by atoms with Crippen molar-refractivity contribution in [1.82, 2.24) is 4.98 Å². The maximum atomic E-state index is 12.4. The van der Waals surface area contributed by atoms with E-state index in [0.717, 1.165) is 12.0 Å². The van der Waals surface area contributed by atoms with Gasteiger partial charge in [0, 0.05) is 12.6 Å². The van der Waals surface area contributed by atoms with E-state index in [1.807, 2.05) is 0 Å².